The van der Waals surface area contributed by atoms with Crippen LogP contribution in [0.1, 0.15) is 65.1 Å². The molecule has 0 radical (unpaired) electrons. The fraction of sp³-hybridized carbons (Fsp3) is 0.824. The van der Waals surface area contributed by atoms with Crippen LogP contribution in [0, 0.1) is 12.8 Å². The number of guanidine groups is 1. The van der Waals surface area contributed by atoms with Crippen LogP contribution in [0.3, 0.4) is 0 Å². The molecule has 0 saturated heterocycles. The van der Waals surface area contributed by atoms with Crippen molar-refractivity contribution in [1.29, 1.82) is 0 Å². The number of aliphatic imine (C=N–C) groups is 1. The molecule has 6 nitrogen and oxygen atoms in total. The van der Waals surface area contributed by atoms with Crippen molar-refractivity contribution in [2.45, 2.75) is 72.8 Å². The molecule has 0 bridgehead atoms. The van der Waals surface area contributed by atoms with Crippen molar-refractivity contribution in [3.63, 3.8) is 0 Å². The normalized spacial score (nSPS) is 13.4. The SMILES string of the molecule is CCNC(=NCCCc1nc(C)no1)NC(C)CCCC(C)C. The summed E-state index contributed by atoms with van der Waals surface area (Å²) in [6.07, 6.45) is 5.38. The zero-order chi connectivity index (χ0) is 17.1. The van der Waals surface area contributed by atoms with Gasteiger partial charge in [-0.2, -0.15) is 4.98 Å². The van der Waals surface area contributed by atoms with Crippen LogP contribution in [0.2, 0.25) is 0 Å². The summed E-state index contributed by atoms with van der Waals surface area (Å²) in [4.78, 5) is 8.83. The van der Waals surface area contributed by atoms with Gasteiger partial charge >= 0.3 is 0 Å². The predicted octanol–water partition coefficient (Wildman–Crippen LogP) is 3.08. The molecule has 23 heavy (non-hydrogen) atoms. The first-order valence-electron chi connectivity index (χ1n) is 8.85. The van der Waals surface area contributed by atoms with Crippen LogP contribution < -0.4 is 10.6 Å². The molecule has 0 amide bonds. The summed E-state index contributed by atoms with van der Waals surface area (Å²) in [7, 11) is 0. The molecule has 0 aliphatic heterocycles. The molecule has 1 unspecified atom stereocenters. The van der Waals surface area contributed by atoms with Gasteiger partial charge in [-0.15, -0.1) is 0 Å². The second kappa shape index (κ2) is 11.0. The van der Waals surface area contributed by atoms with Crippen molar-refractivity contribution in [3.8, 4) is 0 Å². The highest BCUT2D eigenvalue weighted by Gasteiger charge is 2.06. The highest BCUT2D eigenvalue weighted by atomic mass is 16.5. The van der Waals surface area contributed by atoms with E-state index in [-0.39, 0.29) is 0 Å². The lowest BCUT2D eigenvalue weighted by Gasteiger charge is -2.18. The molecule has 1 rings (SSSR count). The van der Waals surface area contributed by atoms with E-state index < -0.39 is 0 Å². The Morgan fingerprint density at radius 3 is 2.61 bits per heavy atom. The minimum Gasteiger partial charge on any atom is -0.357 e. The Bertz CT molecular complexity index is 456. The third-order valence-corrected chi connectivity index (χ3v) is 3.53. The van der Waals surface area contributed by atoms with Crippen LogP contribution in [0.5, 0.6) is 0 Å². The minimum atomic E-state index is 0.435. The van der Waals surface area contributed by atoms with Crippen LogP contribution >= 0.6 is 0 Å². The van der Waals surface area contributed by atoms with E-state index in [2.05, 4.69) is 53.5 Å². The smallest absolute Gasteiger partial charge is 0.226 e. The fourth-order valence-electron chi connectivity index (χ4n) is 2.32. The lowest BCUT2D eigenvalue weighted by molar-refractivity contribution is 0.372. The second-order valence-corrected chi connectivity index (χ2v) is 6.47. The first kappa shape index (κ1) is 19.5. The number of nitrogens with zero attached hydrogens (tertiary/aromatic N) is 3. The molecule has 0 saturated carbocycles. The van der Waals surface area contributed by atoms with Crippen LogP contribution in [0.15, 0.2) is 9.52 Å². The summed E-state index contributed by atoms with van der Waals surface area (Å²) in [5, 5.41) is 10.6. The number of hydrogen-bond acceptors (Lipinski definition) is 4. The maximum Gasteiger partial charge on any atom is 0.226 e. The Morgan fingerprint density at radius 1 is 1.22 bits per heavy atom. The Labute approximate surface area is 140 Å². The van der Waals surface area contributed by atoms with E-state index in [4.69, 9.17) is 4.52 Å². The molecule has 1 heterocycles. The van der Waals surface area contributed by atoms with Crippen LogP contribution in [0.4, 0.5) is 0 Å². The molecule has 1 atom stereocenters. The standard InChI is InChI=1S/C17H33N5O/c1-6-18-17(20-14(4)10-7-9-13(2)3)19-12-8-11-16-21-15(5)22-23-16/h13-14H,6-12H2,1-5H3,(H2,18,19,20). The summed E-state index contributed by atoms with van der Waals surface area (Å²) < 4.78 is 5.11. The monoisotopic (exact) mass is 323 g/mol. The molecule has 2 N–H and O–H groups in total. The Kier molecular flexibility index (Phi) is 9.33. The van der Waals surface area contributed by atoms with E-state index in [9.17, 15) is 0 Å². The van der Waals surface area contributed by atoms with Crippen molar-refractivity contribution in [3.05, 3.63) is 11.7 Å². The number of aromatic nitrogens is 2. The van der Waals surface area contributed by atoms with Gasteiger partial charge in [-0.1, -0.05) is 31.8 Å². The minimum absolute atomic E-state index is 0.435. The van der Waals surface area contributed by atoms with Gasteiger partial charge in [0.15, 0.2) is 11.8 Å². The van der Waals surface area contributed by atoms with E-state index in [1.165, 1.54) is 19.3 Å². The van der Waals surface area contributed by atoms with Gasteiger partial charge in [0.05, 0.1) is 0 Å². The third-order valence-electron chi connectivity index (χ3n) is 3.53. The molecule has 6 heteroatoms. The molecule has 0 spiro atoms. The predicted molar refractivity (Wildman–Crippen MR) is 94.6 cm³/mol. The zero-order valence-corrected chi connectivity index (χ0v) is 15.4. The molecular formula is C17H33N5O. The molecule has 0 aromatic carbocycles. The topological polar surface area (TPSA) is 75.3 Å². The summed E-state index contributed by atoms with van der Waals surface area (Å²) in [6.45, 7) is 12.3. The summed E-state index contributed by atoms with van der Waals surface area (Å²) in [5.41, 5.74) is 0. The summed E-state index contributed by atoms with van der Waals surface area (Å²) >= 11 is 0. The van der Waals surface area contributed by atoms with Crippen molar-refractivity contribution in [2.75, 3.05) is 13.1 Å². The third kappa shape index (κ3) is 9.21. The zero-order valence-electron chi connectivity index (χ0n) is 15.4. The molecule has 0 fully saturated rings. The average molecular weight is 323 g/mol. The molecule has 1 aromatic heterocycles. The van der Waals surface area contributed by atoms with Crippen molar-refractivity contribution in [2.24, 2.45) is 10.9 Å². The van der Waals surface area contributed by atoms with Crippen molar-refractivity contribution < 1.29 is 4.52 Å². The van der Waals surface area contributed by atoms with E-state index in [0.29, 0.717) is 17.8 Å². The second-order valence-electron chi connectivity index (χ2n) is 6.47. The summed E-state index contributed by atoms with van der Waals surface area (Å²) in [6, 6.07) is 0.435. The average Bonchev–Trinajstić information content (AvgIpc) is 2.89. The maximum atomic E-state index is 5.11. The van der Waals surface area contributed by atoms with E-state index in [1.54, 1.807) is 0 Å². The van der Waals surface area contributed by atoms with Crippen molar-refractivity contribution >= 4 is 5.96 Å². The molecular weight excluding hydrogens is 290 g/mol. The molecule has 0 aliphatic rings. The maximum absolute atomic E-state index is 5.11. The van der Waals surface area contributed by atoms with Gasteiger partial charge in [0, 0.05) is 25.6 Å². The Morgan fingerprint density at radius 2 is 2.00 bits per heavy atom. The van der Waals surface area contributed by atoms with E-state index in [1.807, 2.05) is 6.92 Å². The van der Waals surface area contributed by atoms with Gasteiger partial charge in [-0.3, -0.25) is 4.99 Å². The van der Waals surface area contributed by atoms with Gasteiger partial charge in [0.1, 0.15) is 0 Å². The van der Waals surface area contributed by atoms with E-state index in [0.717, 1.165) is 37.8 Å². The Balaban J connectivity index is 2.31. The van der Waals surface area contributed by atoms with Crippen LogP contribution in [-0.4, -0.2) is 35.2 Å². The Hall–Kier alpha value is -1.59. The number of nitrogens with one attached hydrogen (secondary N) is 2. The number of hydrogen-bond donors (Lipinski definition) is 2. The number of aryl methyl sites for hydroxylation is 2. The quantitative estimate of drug-likeness (QED) is 0.393. The molecule has 132 valence electrons. The molecule has 0 aliphatic carbocycles. The first-order chi connectivity index (χ1) is 11.0. The lowest BCUT2D eigenvalue weighted by atomic mass is 10.0. The summed E-state index contributed by atoms with van der Waals surface area (Å²) in [5.74, 6) is 3.05. The number of rotatable bonds is 10. The first-order valence-corrected chi connectivity index (χ1v) is 8.85. The lowest BCUT2D eigenvalue weighted by Crippen LogP contribution is -2.42. The highest BCUT2D eigenvalue weighted by molar-refractivity contribution is 5.79. The van der Waals surface area contributed by atoms with Gasteiger partial charge < -0.3 is 15.2 Å². The van der Waals surface area contributed by atoms with Crippen molar-refractivity contribution in [1.82, 2.24) is 20.8 Å². The fourth-order valence-corrected chi connectivity index (χ4v) is 2.32. The van der Waals surface area contributed by atoms with E-state index >= 15 is 0 Å². The molecule has 1 aromatic rings. The van der Waals surface area contributed by atoms with Gasteiger partial charge in [0.25, 0.3) is 0 Å². The largest absolute Gasteiger partial charge is 0.357 e. The van der Waals surface area contributed by atoms with Gasteiger partial charge in [-0.05, 0) is 39.5 Å². The van der Waals surface area contributed by atoms with Crippen LogP contribution in [0.25, 0.3) is 0 Å². The highest BCUT2D eigenvalue weighted by Crippen LogP contribution is 2.08. The van der Waals surface area contributed by atoms with Gasteiger partial charge in [-0.25, -0.2) is 0 Å². The van der Waals surface area contributed by atoms with Crippen LogP contribution in [-0.2, 0) is 6.42 Å². The van der Waals surface area contributed by atoms with Gasteiger partial charge in [0.2, 0.25) is 5.89 Å².